The van der Waals surface area contributed by atoms with Gasteiger partial charge in [-0.15, -0.1) is 0 Å². The van der Waals surface area contributed by atoms with E-state index in [0.29, 0.717) is 29.3 Å². The molecule has 2 unspecified atom stereocenters. The number of hydrogen-bond acceptors (Lipinski definition) is 2. The van der Waals surface area contributed by atoms with Crippen LogP contribution in [0.2, 0.25) is 10.0 Å². The SMILES string of the molecule is Cc1cccc(C2CC(=O)NC3=C2C(=O)CC(c2ccc(Cl)c(Cl)c2)C3)c1. The van der Waals surface area contributed by atoms with Gasteiger partial charge in [-0.1, -0.05) is 59.1 Å². The maximum atomic E-state index is 13.1. The molecule has 138 valence electrons. The lowest BCUT2D eigenvalue weighted by Crippen LogP contribution is -2.38. The topological polar surface area (TPSA) is 46.2 Å². The lowest BCUT2D eigenvalue weighted by atomic mass is 9.73. The van der Waals surface area contributed by atoms with Gasteiger partial charge in [0.1, 0.15) is 0 Å². The van der Waals surface area contributed by atoms with E-state index in [0.717, 1.165) is 28.0 Å². The number of amides is 1. The molecule has 0 saturated heterocycles. The first kappa shape index (κ1) is 18.3. The molecule has 0 bridgehead atoms. The summed E-state index contributed by atoms with van der Waals surface area (Å²) in [6.45, 7) is 2.02. The number of carbonyl (C=O) groups excluding carboxylic acids is 2. The summed E-state index contributed by atoms with van der Waals surface area (Å²) in [6.07, 6.45) is 1.34. The second kappa shape index (κ2) is 7.14. The summed E-state index contributed by atoms with van der Waals surface area (Å²) < 4.78 is 0. The van der Waals surface area contributed by atoms with Crippen LogP contribution in [0.1, 0.15) is 47.8 Å². The van der Waals surface area contributed by atoms with Crippen LogP contribution in [0.3, 0.4) is 0 Å². The molecule has 0 aromatic heterocycles. The van der Waals surface area contributed by atoms with Crippen LogP contribution in [0.25, 0.3) is 0 Å². The van der Waals surface area contributed by atoms with Crippen molar-refractivity contribution in [2.45, 2.75) is 38.0 Å². The number of benzene rings is 2. The molecule has 1 aliphatic carbocycles. The van der Waals surface area contributed by atoms with E-state index < -0.39 is 0 Å². The molecule has 5 heteroatoms. The number of halogens is 2. The zero-order chi connectivity index (χ0) is 19.1. The van der Waals surface area contributed by atoms with Gasteiger partial charge in [0.05, 0.1) is 10.0 Å². The van der Waals surface area contributed by atoms with Gasteiger partial charge in [0.2, 0.25) is 5.91 Å². The van der Waals surface area contributed by atoms with Crippen molar-refractivity contribution < 1.29 is 9.59 Å². The van der Waals surface area contributed by atoms with Crippen LogP contribution < -0.4 is 5.32 Å². The number of nitrogens with one attached hydrogen (secondary N) is 1. The molecule has 0 fully saturated rings. The van der Waals surface area contributed by atoms with Crippen LogP contribution >= 0.6 is 23.2 Å². The molecule has 1 heterocycles. The molecule has 1 aliphatic heterocycles. The Morgan fingerprint density at radius 2 is 1.74 bits per heavy atom. The van der Waals surface area contributed by atoms with Gasteiger partial charge in [-0.2, -0.15) is 0 Å². The molecule has 1 N–H and O–H groups in total. The first-order valence-electron chi connectivity index (χ1n) is 9.00. The van der Waals surface area contributed by atoms with E-state index in [9.17, 15) is 9.59 Å². The number of carbonyl (C=O) groups is 2. The fourth-order valence-corrected chi connectivity index (χ4v) is 4.44. The van der Waals surface area contributed by atoms with Gasteiger partial charge in [-0.3, -0.25) is 9.59 Å². The van der Waals surface area contributed by atoms with Gasteiger partial charge in [0.15, 0.2) is 5.78 Å². The average Bonchev–Trinajstić information content (AvgIpc) is 2.63. The lowest BCUT2D eigenvalue weighted by Gasteiger charge is -2.34. The Bertz CT molecular complexity index is 980. The number of Topliss-reactive ketones (excluding diaryl/α,β-unsaturated/α-hetero) is 1. The minimum atomic E-state index is -0.170. The van der Waals surface area contributed by atoms with Crippen molar-refractivity contribution in [1.29, 1.82) is 0 Å². The summed E-state index contributed by atoms with van der Waals surface area (Å²) >= 11 is 12.2. The highest BCUT2D eigenvalue weighted by Crippen LogP contribution is 2.43. The minimum Gasteiger partial charge on any atom is -0.329 e. The molecule has 2 aliphatic rings. The fraction of sp³-hybridized carbons (Fsp3) is 0.273. The number of hydrogen-bond donors (Lipinski definition) is 1. The average molecular weight is 400 g/mol. The zero-order valence-electron chi connectivity index (χ0n) is 14.9. The lowest BCUT2D eigenvalue weighted by molar-refractivity contribution is -0.122. The van der Waals surface area contributed by atoms with E-state index in [1.165, 1.54) is 0 Å². The predicted octanol–water partition coefficient (Wildman–Crippen LogP) is 5.31. The Hall–Kier alpha value is -2.10. The second-order valence-electron chi connectivity index (χ2n) is 7.31. The van der Waals surface area contributed by atoms with Crippen molar-refractivity contribution in [1.82, 2.24) is 5.32 Å². The van der Waals surface area contributed by atoms with E-state index >= 15 is 0 Å². The highest BCUT2D eigenvalue weighted by atomic mass is 35.5. The summed E-state index contributed by atoms with van der Waals surface area (Å²) in [5.74, 6) is -0.125. The first-order chi connectivity index (χ1) is 12.9. The molecule has 2 atom stereocenters. The molecule has 1 amide bonds. The molecule has 0 saturated carbocycles. The summed E-state index contributed by atoms with van der Waals surface area (Å²) in [5, 5.41) is 3.92. The van der Waals surface area contributed by atoms with E-state index in [-0.39, 0.29) is 23.5 Å². The molecule has 2 aromatic carbocycles. The van der Waals surface area contributed by atoms with Gasteiger partial charge in [0, 0.05) is 30.0 Å². The largest absolute Gasteiger partial charge is 0.329 e. The van der Waals surface area contributed by atoms with Crippen molar-refractivity contribution in [2.75, 3.05) is 0 Å². The van der Waals surface area contributed by atoms with Crippen molar-refractivity contribution in [3.05, 3.63) is 80.5 Å². The van der Waals surface area contributed by atoms with Gasteiger partial charge < -0.3 is 5.32 Å². The summed E-state index contributed by atoms with van der Waals surface area (Å²) in [5.41, 5.74) is 4.63. The normalized spacial score (nSPS) is 22.5. The van der Waals surface area contributed by atoms with Gasteiger partial charge in [-0.25, -0.2) is 0 Å². The van der Waals surface area contributed by atoms with E-state index in [1.807, 2.05) is 37.3 Å². The Labute approximate surface area is 168 Å². The zero-order valence-corrected chi connectivity index (χ0v) is 16.4. The first-order valence-corrected chi connectivity index (χ1v) is 9.75. The maximum Gasteiger partial charge on any atom is 0.225 e. The summed E-state index contributed by atoms with van der Waals surface area (Å²) in [6, 6.07) is 13.5. The maximum absolute atomic E-state index is 13.1. The third-order valence-electron chi connectivity index (χ3n) is 5.40. The second-order valence-corrected chi connectivity index (χ2v) is 8.13. The molecule has 0 radical (unpaired) electrons. The van der Waals surface area contributed by atoms with Crippen LogP contribution in [0, 0.1) is 6.92 Å². The third-order valence-corrected chi connectivity index (χ3v) is 6.13. The van der Waals surface area contributed by atoms with Crippen molar-refractivity contribution in [3.8, 4) is 0 Å². The van der Waals surface area contributed by atoms with Crippen LogP contribution in [-0.2, 0) is 9.59 Å². The van der Waals surface area contributed by atoms with Crippen LogP contribution in [0.5, 0.6) is 0 Å². The number of aryl methyl sites for hydroxylation is 1. The Kier molecular flexibility index (Phi) is 4.83. The van der Waals surface area contributed by atoms with Crippen molar-refractivity contribution >= 4 is 34.9 Å². The molecule has 4 rings (SSSR count). The Balaban J connectivity index is 1.72. The van der Waals surface area contributed by atoms with Gasteiger partial charge in [0.25, 0.3) is 0 Å². The number of rotatable bonds is 2. The highest BCUT2D eigenvalue weighted by molar-refractivity contribution is 6.42. The number of allylic oxidation sites excluding steroid dienone is 2. The van der Waals surface area contributed by atoms with Gasteiger partial charge in [-0.05, 0) is 42.5 Å². The molecule has 3 nitrogen and oxygen atoms in total. The minimum absolute atomic E-state index is 0.0115. The van der Waals surface area contributed by atoms with E-state index in [2.05, 4.69) is 11.4 Å². The van der Waals surface area contributed by atoms with Crippen LogP contribution in [-0.4, -0.2) is 11.7 Å². The molecular weight excluding hydrogens is 381 g/mol. The predicted molar refractivity (Wildman–Crippen MR) is 107 cm³/mol. The highest BCUT2D eigenvalue weighted by Gasteiger charge is 2.38. The summed E-state index contributed by atoms with van der Waals surface area (Å²) in [7, 11) is 0. The van der Waals surface area contributed by atoms with Crippen LogP contribution in [0.15, 0.2) is 53.7 Å². The Morgan fingerprint density at radius 3 is 2.48 bits per heavy atom. The molecular formula is C22H19Cl2NO2. The summed E-state index contributed by atoms with van der Waals surface area (Å²) in [4.78, 5) is 25.4. The fourth-order valence-electron chi connectivity index (χ4n) is 4.13. The van der Waals surface area contributed by atoms with E-state index in [1.54, 1.807) is 6.07 Å². The third kappa shape index (κ3) is 3.54. The molecule has 2 aromatic rings. The van der Waals surface area contributed by atoms with Gasteiger partial charge >= 0.3 is 0 Å². The molecule has 0 spiro atoms. The smallest absolute Gasteiger partial charge is 0.225 e. The Morgan fingerprint density at radius 1 is 0.926 bits per heavy atom. The van der Waals surface area contributed by atoms with Crippen molar-refractivity contribution in [3.63, 3.8) is 0 Å². The number of ketones is 1. The molecule has 27 heavy (non-hydrogen) atoms. The van der Waals surface area contributed by atoms with E-state index in [4.69, 9.17) is 23.2 Å². The van der Waals surface area contributed by atoms with Crippen molar-refractivity contribution in [2.24, 2.45) is 0 Å². The van der Waals surface area contributed by atoms with Crippen LogP contribution in [0.4, 0.5) is 0 Å². The monoisotopic (exact) mass is 399 g/mol. The quantitative estimate of drug-likeness (QED) is 0.743. The standard InChI is InChI=1S/C22H19Cl2NO2/c1-12-3-2-4-14(7-12)16-11-21(27)25-19-9-15(10-20(26)22(16)19)13-5-6-17(23)18(24)8-13/h2-8,15-16H,9-11H2,1H3,(H,25,27).